The van der Waals surface area contributed by atoms with Crippen molar-refractivity contribution >= 4 is 5.95 Å². The molecule has 31 heavy (non-hydrogen) atoms. The standard InChI is InChI=1S/C24H30N6O/c1-29(2)24-27-16-20(19-8-5-4-6-9-19)23(28-24)21-10-7-12-30(21)17-18-14-25-22(26-15-18)11-13-31-3/h4-6,8-9,14-16,21H,7,10-13,17H2,1-3H3/t21-/m1/s1. The van der Waals surface area contributed by atoms with Gasteiger partial charge in [0.05, 0.1) is 18.3 Å². The van der Waals surface area contributed by atoms with Crippen molar-refractivity contribution in [2.45, 2.75) is 31.8 Å². The van der Waals surface area contributed by atoms with Gasteiger partial charge in [0.15, 0.2) is 0 Å². The molecule has 0 amide bonds. The van der Waals surface area contributed by atoms with Gasteiger partial charge in [-0.2, -0.15) is 0 Å². The molecule has 2 aromatic heterocycles. The van der Waals surface area contributed by atoms with E-state index in [1.807, 2.05) is 43.7 Å². The minimum absolute atomic E-state index is 0.241. The predicted octanol–water partition coefficient (Wildman–Crippen LogP) is 3.53. The number of anilines is 1. The largest absolute Gasteiger partial charge is 0.384 e. The molecule has 1 fully saturated rings. The Hall–Kier alpha value is -2.90. The van der Waals surface area contributed by atoms with Crippen molar-refractivity contribution in [2.75, 3.05) is 39.3 Å². The summed E-state index contributed by atoms with van der Waals surface area (Å²) in [6, 6.07) is 10.7. The summed E-state index contributed by atoms with van der Waals surface area (Å²) < 4.78 is 5.12. The Kier molecular flexibility index (Phi) is 6.84. The molecular formula is C24H30N6O. The molecule has 1 aliphatic heterocycles. The number of ether oxygens (including phenoxy) is 1. The van der Waals surface area contributed by atoms with Gasteiger partial charge in [0.25, 0.3) is 0 Å². The van der Waals surface area contributed by atoms with Gasteiger partial charge in [-0.15, -0.1) is 0 Å². The van der Waals surface area contributed by atoms with Crippen LogP contribution in [0.1, 0.15) is 36.0 Å². The summed E-state index contributed by atoms with van der Waals surface area (Å²) in [6.07, 6.45) is 8.81. The maximum Gasteiger partial charge on any atom is 0.225 e. The topological polar surface area (TPSA) is 67.3 Å². The first-order valence-electron chi connectivity index (χ1n) is 10.8. The Morgan fingerprint density at radius 1 is 1.06 bits per heavy atom. The average molecular weight is 419 g/mol. The summed E-state index contributed by atoms with van der Waals surface area (Å²) in [6.45, 7) is 2.48. The highest BCUT2D eigenvalue weighted by molar-refractivity contribution is 5.66. The molecule has 3 aromatic rings. The first-order chi connectivity index (χ1) is 15.2. The summed E-state index contributed by atoms with van der Waals surface area (Å²) in [5.41, 5.74) is 4.48. The van der Waals surface area contributed by atoms with E-state index in [0.717, 1.165) is 66.5 Å². The number of methoxy groups -OCH3 is 1. The lowest BCUT2D eigenvalue weighted by Crippen LogP contribution is -2.25. The molecule has 7 nitrogen and oxygen atoms in total. The molecule has 0 unspecified atom stereocenters. The Morgan fingerprint density at radius 2 is 1.84 bits per heavy atom. The number of hydrogen-bond acceptors (Lipinski definition) is 7. The van der Waals surface area contributed by atoms with Gasteiger partial charge in [0.2, 0.25) is 5.95 Å². The maximum atomic E-state index is 5.12. The quantitative estimate of drug-likeness (QED) is 0.554. The molecule has 1 atom stereocenters. The van der Waals surface area contributed by atoms with Crippen LogP contribution in [0.3, 0.4) is 0 Å². The number of hydrogen-bond donors (Lipinski definition) is 0. The maximum absolute atomic E-state index is 5.12. The highest BCUT2D eigenvalue weighted by Gasteiger charge is 2.30. The monoisotopic (exact) mass is 418 g/mol. The van der Waals surface area contributed by atoms with Crippen LogP contribution in [0.2, 0.25) is 0 Å². The van der Waals surface area contributed by atoms with Gasteiger partial charge in [-0.3, -0.25) is 4.90 Å². The van der Waals surface area contributed by atoms with E-state index in [0.29, 0.717) is 6.61 Å². The van der Waals surface area contributed by atoms with Crippen LogP contribution in [-0.4, -0.2) is 59.2 Å². The van der Waals surface area contributed by atoms with Crippen LogP contribution in [0, 0.1) is 0 Å². The molecule has 0 saturated carbocycles. The molecule has 0 bridgehead atoms. The molecule has 7 heteroatoms. The lowest BCUT2D eigenvalue weighted by Gasteiger charge is -2.26. The predicted molar refractivity (Wildman–Crippen MR) is 122 cm³/mol. The van der Waals surface area contributed by atoms with Gasteiger partial charge in [0, 0.05) is 63.9 Å². The van der Waals surface area contributed by atoms with E-state index < -0.39 is 0 Å². The Morgan fingerprint density at radius 3 is 2.55 bits per heavy atom. The first kappa shape index (κ1) is 21.3. The van der Waals surface area contributed by atoms with Crippen LogP contribution in [0.4, 0.5) is 5.95 Å². The smallest absolute Gasteiger partial charge is 0.225 e. The summed E-state index contributed by atoms with van der Waals surface area (Å²) >= 11 is 0. The van der Waals surface area contributed by atoms with Crippen LogP contribution in [0.25, 0.3) is 11.1 Å². The average Bonchev–Trinajstić information content (AvgIpc) is 3.26. The molecule has 1 aliphatic rings. The Bertz CT molecular complexity index is 977. The zero-order valence-electron chi connectivity index (χ0n) is 18.5. The fourth-order valence-corrected chi connectivity index (χ4v) is 4.04. The Balaban J connectivity index is 1.61. The van der Waals surface area contributed by atoms with Crippen molar-refractivity contribution < 1.29 is 4.74 Å². The van der Waals surface area contributed by atoms with E-state index in [2.05, 4.69) is 44.1 Å². The molecule has 3 heterocycles. The van der Waals surface area contributed by atoms with E-state index in [1.54, 1.807) is 7.11 Å². The fraction of sp³-hybridized carbons (Fsp3) is 0.417. The second kappa shape index (κ2) is 9.94. The number of rotatable bonds is 8. The van der Waals surface area contributed by atoms with E-state index in [4.69, 9.17) is 9.72 Å². The molecular weight excluding hydrogens is 388 g/mol. The van der Waals surface area contributed by atoms with Crippen LogP contribution in [0.15, 0.2) is 48.9 Å². The molecule has 0 aliphatic carbocycles. The van der Waals surface area contributed by atoms with E-state index in [9.17, 15) is 0 Å². The van der Waals surface area contributed by atoms with Gasteiger partial charge in [-0.05, 0) is 24.9 Å². The lowest BCUT2D eigenvalue weighted by atomic mass is 10.00. The third-order valence-corrected chi connectivity index (χ3v) is 5.64. The molecule has 0 spiro atoms. The van der Waals surface area contributed by atoms with Gasteiger partial charge in [0.1, 0.15) is 5.82 Å². The summed E-state index contributed by atoms with van der Waals surface area (Å²) in [4.78, 5) is 23.1. The van der Waals surface area contributed by atoms with Crippen molar-refractivity contribution in [3.63, 3.8) is 0 Å². The van der Waals surface area contributed by atoms with Gasteiger partial charge in [-0.25, -0.2) is 19.9 Å². The molecule has 1 saturated heterocycles. The van der Waals surface area contributed by atoms with E-state index in [1.165, 1.54) is 0 Å². The SMILES string of the molecule is COCCc1ncc(CN2CCC[C@@H]2c2nc(N(C)C)ncc2-c2ccccc2)cn1. The minimum Gasteiger partial charge on any atom is -0.384 e. The van der Waals surface area contributed by atoms with Crippen molar-refractivity contribution in [1.82, 2.24) is 24.8 Å². The zero-order chi connectivity index (χ0) is 21.6. The normalized spacial score (nSPS) is 16.5. The number of nitrogens with zero attached hydrogens (tertiary/aromatic N) is 6. The molecule has 162 valence electrons. The summed E-state index contributed by atoms with van der Waals surface area (Å²) in [7, 11) is 5.66. The summed E-state index contributed by atoms with van der Waals surface area (Å²) in [5, 5.41) is 0. The van der Waals surface area contributed by atoms with Crippen molar-refractivity contribution in [3.05, 3.63) is 66.0 Å². The number of aromatic nitrogens is 4. The number of benzene rings is 1. The second-order valence-corrected chi connectivity index (χ2v) is 8.11. The molecule has 1 aromatic carbocycles. The zero-order valence-corrected chi connectivity index (χ0v) is 18.5. The highest BCUT2D eigenvalue weighted by atomic mass is 16.5. The fourth-order valence-electron chi connectivity index (χ4n) is 4.04. The summed E-state index contributed by atoms with van der Waals surface area (Å²) in [5.74, 6) is 1.56. The van der Waals surface area contributed by atoms with Gasteiger partial charge in [-0.1, -0.05) is 30.3 Å². The highest BCUT2D eigenvalue weighted by Crippen LogP contribution is 2.37. The van der Waals surface area contributed by atoms with Crippen molar-refractivity contribution in [3.8, 4) is 11.1 Å². The van der Waals surface area contributed by atoms with Gasteiger partial charge >= 0.3 is 0 Å². The van der Waals surface area contributed by atoms with Crippen molar-refractivity contribution in [2.24, 2.45) is 0 Å². The Labute approximate surface area is 184 Å². The third-order valence-electron chi connectivity index (χ3n) is 5.64. The van der Waals surface area contributed by atoms with Crippen molar-refractivity contribution in [1.29, 1.82) is 0 Å². The molecule has 0 radical (unpaired) electrons. The van der Waals surface area contributed by atoms with E-state index in [-0.39, 0.29) is 6.04 Å². The second-order valence-electron chi connectivity index (χ2n) is 8.11. The molecule has 4 rings (SSSR count). The van der Waals surface area contributed by atoms with Crippen LogP contribution < -0.4 is 4.90 Å². The van der Waals surface area contributed by atoms with Crippen LogP contribution >= 0.6 is 0 Å². The third kappa shape index (κ3) is 5.06. The first-order valence-corrected chi connectivity index (χ1v) is 10.8. The van der Waals surface area contributed by atoms with Crippen LogP contribution in [-0.2, 0) is 17.7 Å². The molecule has 0 N–H and O–H groups in total. The minimum atomic E-state index is 0.241. The van der Waals surface area contributed by atoms with Gasteiger partial charge < -0.3 is 9.64 Å². The lowest BCUT2D eigenvalue weighted by molar-refractivity contribution is 0.200. The van der Waals surface area contributed by atoms with Crippen LogP contribution in [0.5, 0.6) is 0 Å². The number of likely N-dealkylation sites (tertiary alicyclic amines) is 1. The van der Waals surface area contributed by atoms with E-state index >= 15 is 0 Å².